The fourth-order valence-electron chi connectivity index (χ4n) is 2.64. The third-order valence-electron chi connectivity index (χ3n) is 4.02. The van der Waals surface area contributed by atoms with Crippen LogP contribution in [-0.2, 0) is 14.8 Å². The van der Waals surface area contributed by atoms with Crippen molar-refractivity contribution in [2.24, 2.45) is 5.92 Å². The molecule has 0 saturated carbocycles. The van der Waals surface area contributed by atoms with Crippen molar-refractivity contribution in [3.05, 3.63) is 29.3 Å². The van der Waals surface area contributed by atoms with E-state index >= 15 is 0 Å². The van der Waals surface area contributed by atoms with Crippen LogP contribution < -0.4 is 5.32 Å². The molecule has 1 atom stereocenters. The van der Waals surface area contributed by atoms with Gasteiger partial charge in [0.05, 0.1) is 11.7 Å². The van der Waals surface area contributed by atoms with Gasteiger partial charge in [-0.05, 0) is 43.5 Å². The summed E-state index contributed by atoms with van der Waals surface area (Å²) in [5.41, 5.74) is 0.672. The maximum Gasteiger partial charge on any atom is 0.228 e. The molecule has 23 heavy (non-hydrogen) atoms. The van der Waals surface area contributed by atoms with Crippen LogP contribution in [0, 0.1) is 5.92 Å². The van der Waals surface area contributed by atoms with Crippen LogP contribution in [-0.4, -0.2) is 37.5 Å². The second-order valence-electron chi connectivity index (χ2n) is 5.86. The van der Waals surface area contributed by atoms with E-state index in [9.17, 15) is 13.2 Å². The Balaban J connectivity index is 1.97. The van der Waals surface area contributed by atoms with Crippen molar-refractivity contribution in [2.45, 2.75) is 32.6 Å². The second-order valence-corrected chi connectivity index (χ2v) is 8.39. The van der Waals surface area contributed by atoms with Gasteiger partial charge in [0, 0.05) is 23.8 Å². The highest BCUT2D eigenvalue weighted by molar-refractivity contribution is 7.89. The summed E-state index contributed by atoms with van der Waals surface area (Å²) in [4.78, 5) is 12.4. The van der Waals surface area contributed by atoms with Gasteiger partial charge in [-0.1, -0.05) is 24.9 Å². The van der Waals surface area contributed by atoms with Crippen molar-refractivity contribution < 1.29 is 13.2 Å². The minimum atomic E-state index is -3.25. The minimum absolute atomic E-state index is 0.136. The molecule has 7 heteroatoms. The predicted molar refractivity (Wildman–Crippen MR) is 93.1 cm³/mol. The Bertz CT molecular complexity index is 631. The quantitative estimate of drug-likeness (QED) is 0.849. The highest BCUT2D eigenvalue weighted by Gasteiger charge is 2.31. The van der Waals surface area contributed by atoms with Crippen LogP contribution in [0.4, 0.5) is 5.69 Å². The summed E-state index contributed by atoms with van der Waals surface area (Å²) in [6.45, 7) is 2.75. The molecule has 1 amide bonds. The highest BCUT2D eigenvalue weighted by atomic mass is 35.5. The number of nitrogens with zero attached hydrogens (tertiary/aromatic N) is 1. The van der Waals surface area contributed by atoms with E-state index in [-0.39, 0.29) is 24.1 Å². The number of piperidine rings is 1. The fourth-order valence-corrected chi connectivity index (χ4v) is 4.49. The molecule has 0 aromatic heterocycles. The van der Waals surface area contributed by atoms with Gasteiger partial charge in [0.15, 0.2) is 0 Å². The molecule has 1 aromatic rings. The maximum absolute atomic E-state index is 12.4. The number of halogens is 1. The third kappa shape index (κ3) is 5.19. The SMILES string of the molecule is CCCCS(=O)(=O)N1CCC[C@H](C(=O)Nc2ccc(Cl)cc2)C1. The molecular weight excluding hydrogens is 336 g/mol. The number of hydrogen-bond acceptors (Lipinski definition) is 3. The first-order valence-electron chi connectivity index (χ1n) is 7.96. The van der Waals surface area contributed by atoms with Gasteiger partial charge in [-0.3, -0.25) is 4.79 Å². The number of hydrogen-bond donors (Lipinski definition) is 1. The lowest BCUT2D eigenvalue weighted by Gasteiger charge is -2.31. The summed E-state index contributed by atoms with van der Waals surface area (Å²) in [7, 11) is -3.25. The first-order valence-corrected chi connectivity index (χ1v) is 9.95. The number of amides is 1. The summed E-state index contributed by atoms with van der Waals surface area (Å²) < 4.78 is 26.0. The second kappa shape index (κ2) is 8.13. The molecule has 0 aliphatic carbocycles. The molecule has 1 aliphatic heterocycles. The molecule has 0 spiro atoms. The Morgan fingerprint density at radius 2 is 2.04 bits per heavy atom. The van der Waals surface area contributed by atoms with Gasteiger partial charge < -0.3 is 5.32 Å². The molecule has 1 heterocycles. The summed E-state index contributed by atoms with van der Waals surface area (Å²) >= 11 is 5.82. The largest absolute Gasteiger partial charge is 0.326 e. The fraction of sp³-hybridized carbons (Fsp3) is 0.562. The number of carbonyl (C=O) groups is 1. The number of rotatable bonds is 6. The van der Waals surface area contributed by atoms with Gasteiger partial charge in [-0.25, -0.2) is 12.7 Å². The van der Waals surface area contributed by atoms with Gasteiger partial charge in [0.1, 0.15) is 0 Å². The van der Waals surface area contributed by atoms with Crippen molar-refractivity contribution in [1.82, 2.24) is 4.31 Å². The first-order chi connectivity index (χ1) is 10.9. The molecule has 0 bridgehead atoms. The van der Waals surface area contributed by atoms with E-state index in [4.69, 9.17) is 11.6 Å². The van der Waals surface area contributed by atoms with Gasteiger partial charge >= 0.3 is 0 Å². The monoisotopic (exact) mass is 358 g/mol. The van der Waals surface area contributed by atoms with Crippen molar-refractivity contribution in [3.8, 4) is 0 Å². The highest BCUT2D eigenvalue weighted by Crippen LogP contribution is 2.22. The van der Waals surface area contributed by atoms with Gasteiger partial charge in [-0.15, -0.1) is 0 Å². The van der Waals surface area contributed by atoms with E-state index in [1.807, 2.05) is 6.92 Å². The molecule has 128 valence electrons. The zero-order valence-corrected chi connectivity index (χ0v) is 14.9. The lowest BCUT2D eigenvalue weighted by Crippen LogP contribution is -2.44. The van der Waals surface area contributed by atoms with Gasteiger partial charge in [0.25, 0.3) is 0 Å². The molecule has 1 saturated heterocycles. The number of anilines is 1. The number of unbranched alkanes of at least 4 members (excludes halogenated alkanes) is 1. The molecule has 1 N–H and O–H groups in total. The maximum atomic E-state index is 12.4. The Hall–Kier alpha value is -1.11. The molecule has 1 aliphatic rings. The zero-order chi connectivity index (χ0) is 16.9. The average Bonchev–Trinajstić information content (AvgIpc) is 2.55. The molecule has 1 fully saturated rings. The van der Waals surface area contributed by atoms with Crippen LogP contribution in [0.2, 0.25) is 5.02 Å². The topological polar surface area (TPSA) is 66.5 Å². The van der Waals surface area contributed by atoms with Crippen molar-refractivity contribution >= 4 is 33.2 Å². The first kappa shape index (κ1) is 18.2. The van der Waals surface area contributed by atoms with Crippen molar-refractivity contribution in [2.75, 3.05) is 24.2 Å². The van der Waals surface area contributed by atoms with Gasteiger partial charge in [-0.2, -0.15) is 0 Å². The van der Waals surface area contributed by atoms with E-state index in [0.717, 1.165) is 6.42 Å². The lowest BCUT2D eigenvalue weighted by molar-refractivity contribution is -0.120. The van der Waals surface area contributed by atoms with Gasteiger partial charge in [0.2, 0.25) is 15.9 Å². The zero-order valence-electron chi connectivity index (χ0n) is 13.3. The minimum Gasteiger partial charge on any atom is -0.326 e. The normalized spacial score (nSPS) is 19.5. The lowest BCUT2D eigenvalue weighted by atomic mass is 9.99. The van der Waals surface area contributed by atoms with E-state index in [1.165, 1.54) is 4.31 Å². The summed E-state index contributed by atoms with van der Waals surface area (Å²) in [5.74, 6) is -0.284. The average molecular weight is 359 g/mol. The van der Waals surface area contributed by atoms with E-state index in [2.05, 4.69) is 5.32 Å². The predicted octanol–water partition coefficient (Wildman–Crippen LogP) is 3.12. The van der Waals surface area contributed by atoms with Crippen LogP contribution >= 0.6 is 11.6 Å². The molecule has 5 nitrogen and oxygen atoms in total. The molecular formula is C16H23ClN2O3S. The standard InChI is InChI=1S/C16H23ClN2O3S/c1-2-3-11-23(21,22)19-10-4-5-13(12-19)16(20)18-15-8-6-14(17)7-9-15/h6-9,13H,2-5,10-12H2,1H3,(H,18,20)/t13-/m0/s1. The number of sulfonamides is 1. The summed E-state index contributed by atoms with van der Waals surface area (Å²) in [5, 5.41) is 3.44. The molecule has 0 unspecified atom stereocenters. The summed E-state index contributed by atoms with van der Waals surface area (Å²) in [6.07, 6.45) is 2.91. The number of benzene rings is 1. The molecule has 2 rings (SSSR count). The smallest absolute Gasteiger partial charge is 0.228 e. The van der Waals surface area contributed by atoms with E-state index < -0.39 is 10.0 Å². The van der Waals surface area contributed by atoms with Crippen LogP contribution in [0.1, 0.15) is 32.6 Å². The van der Waals surface area contributed by atoms with Crippen LogP contribution in [0.5, 0.6) is 0 Å². The van der Waals surface area contributed by atoms with Crippen LogP contribution in [0.15, 0.2) is 24.3 Å². The Labute approximate surface area is 143 Å². The molecule has 1 aromatic carbocycles. The Morgan fingerprint density at radius 1 is 1.35 bits per heavy atom. The van der Waals surface area contributed by atoms with Crippen molar-refractivity contribution in [1.29, 1.82) is 0 Å². The van der Waals surface area contributed by atoms with Crippen molar-refractivity contribution in [3.63, 3.8) is 0 Å². The number of carbonyl (C=O) groups excluding carboxylic acids is 1. The third-order valence-corrected chi connectivity index (χ3v) is 6.19. The summed E-state index contributed by atoms with van der Waals surface area (Å²) in [6, 6.07) is 6.89. The van der Waals surface area contributed by atoms with E-state index in [1.54, 1.807) is 24.3 Å². The van der Waals surface area contributed by atoms with E-state index in [0.29, 0.717) is 36.5 Å². The Morgan fingerprint density at radius 3 is 2.70 bits per heavy atom. The van der Waals surface area contributed by atoms with Crippen LogP contribution in [0.25, 0.3) is 0 Å². The van der Waals surface area contributed by atoms with Crippen LogP contribution in [0.3, 0.4) is 0 Å². The number of nitrogens with one attached hydrogen (secondary N) is 1. The molecule has 0 radical (unpaired) electrons. The Kier molecular flexibility index (Phi) is 6.44.